The van der Waals surface area contributed by atoms with Crippen LogP contribution in [0.5, 0.6) is 11.5 Å². The van der Waals surface area contributed by atoms with E-state index >= 15 is 0 Å². The van der Waals surface area contributed by atoms with Gasteiger partial charge < -0.3 is 19.0 Å². The molecule has 0 aliphatic carbocycles. The van der Waals surface area contributed by atoms with E-state index in [4.69, 9.17) is 19.1 Å². The van der Waals surface area contributed by atoms with Gasteiger partial charge >= 0.3 is 0 Å². The monoisotopic (exact) mass is 764 g/mol. The van der Waals surface area contributed by atoms with Crippen molar-refractivity contribution in [2.75, 3.05) is 9.80 Å². The first-order chi connectivity index (χ1) is 28.7. The van der Waals surface area contributed by atoms with Crippen LogP contribution >= 0.6 is 11.3 Å². The van der Waals surface area contributed by atoms with Crippen molar-refractivity contribution < 1.29 is 9.15 Å². The Balaban J connectivity index is 1.11. The molecule has 6 nitrogen and oxygen atoms in total. The van der Waals surface area contributed by atoms with Crippen molar-refractivity contribution in [3.05, 3.63) is 193 Å². The van der Waals surface area contributed by atoms with Crippen LogP contribution in [0.15, 0.2) is 186 Å². The molecular formula is C51H32N4O2S. The lowest BCUT2D eigenvalue weighted by Crippen LogP contribution is -2.18. The number of para-hydroxylation sites is 9. The molecule has 0 unspecified atom stereocenters. The number of nitrogens with zero attached hydrogens (tertiary/aromatic N) is 4. The maximum atomic E-state index is 6.62. The van der Waals surface area contributed by atoms with E-state index in [-0.39, 0.29) is 0 Å². The summed E-state index contributed by atoms with van der Waals surface area (Å²) in [5.74, 6) is 2.18. The van der Waals surface area contributed by atoms with Crippen LogP contribution in [-0.4, -0.2) is 9.97 Å². The second kappa shape index (κ2) is 13.0. The fourth-order valence-corrected chi connectivity index (χ4v) is 9.49. The van der Waals surface area contributed by atoms with Crippen molar-refractivity contribution in [1.82, 2.24) is 9.97 Å². The molecule has 2 aliphatic heterocycles. The van der Waals surface area contributed by atoms with Crippen LogP contribution in [0.25, 0.3) is 54.5 Å². The van der Waals surface area contributed by atoms with Gasteiger partial charge in [0.25, 0.3) is 0 Å². The second-order valence-electron chi connectivity index (χ2n) is 14.6. The summed E-state index contributed by atoms with van der Waals surface area (Å²) in [6.07, 6.45) is 0.884. The van der Waals surface area contributed by atoms with Crippen LogP contribution in [-0.2, 0) is 6.42 Å². The number of benzene rings is 8. The van der Waals surface area contributed by atoms with Crippen molar-refractivity contribution in [3.63, 3.8) is 0 Å². The molecule has 2 aliphatic rings. The molecule has 58 heavy (non-hydrogen) atoms. The molecular weight excluding hydrogens is 733 g/mol. The van der Waals surface area contributed by atoms with Crippen LogP contribution in [0, 0.1) is 0 Å². The van der Waals surface area contributed by atoms with Crippen LogP contribution in [0.2, 0.25) is 0 Å². The lowest BCUT2D eigenvalue weighted by molar-refractivity contribution is 0.477. The number of rotatable bonds is 5. The Bertz CT molecular complexity index is 2860. The van der Waals surface area contributed by atoms with Gasteiger partial charge in [0, 0.05) is 40.3 Å². The molecule has 0 amide bonds. The van der Waals surface area contributed by atoms with Crippen molar-refractivity contribution in [3.8, 4) is 44.7 Å². The molecule has 0 radical (unpaired) electrons. The average Bonchev–Trinajstić information content (AvgIpc) is 3.92. The summed E-state index contributed by atoms with van der Waals surface area (Å²) in [4.78, 5) is 15.0. The predicted molar refractivity (Wildman–Crippen MR) is 236 cm³/mol. The minimum atomic E-state index is 0.562. The van der Waals surface area contributed by atoms with Crippen molar-refractivity contribution in [2.45, 2.75) is 6.42 Å². The first kappa shape index (κ1) is 32.7. The standard InChI is InChI=1S/C51H32N4O2S/c1-5-17-42-32(13-1)29-33-14-2-6-18-43(33)54(42)34-25-27-36(38(30-34)50-52-40-15-3-9-21-46(40)57-50)37-28-26-35(31-39(37)51-53-41-16-4-12-24-49(41)58-51)55-44-19-7-10-22-47(44)56-48-23-11-8-20-45(48)55/h1-28,30-31H,29H2. The molecule has 0 N–H and O–H groups in total. The molecule has 0 bridgehead atoms. The Morgan fingerprint density at radius 3 is 1.66 bits per heavy atom. The minimum Gasteiger partial charge on any atom is -0.453 e. The number of fused-ring (bicyclic) bond motifs is 6. The Kier molecular flexibility index (Phi) is 7.36. The van der Waals surface area contributed by atoms with Gasteiger partial charge in [0.05, 0.1) is 21.6 Å². The fraction of sp³-hybridized carbons (Fsp3) is 0.0196. The lowest BCUT2D eigenvalue weighted by Gasteiger charge is -2.34. The van der Waals surface area contributed by atoms with Gasteiger partial charge in [-0.3, -0.25) is 0 Å². The largest absolute Gasteiger partial charge is 0.453 e. The number of aromatic nitrogens is 2. The zero-order chi connectivity index (χ0) is 38.2. The molecule has 7 heteroatoms. The normalized spacial score (nSPS) is 12.8. The number of ether oxygens (including phenoxy) is 1. The SMILES string of the molecule is c1ccc2c(c1)Cc1ccccc1N2c1ccc(-c2ccc(N3c4ccccc4Oc4ccccc43)cc2-c2nc3ccccc3s2)c(-c2nc3ccccc3o2)c1. The number of hydrogen-bond donors (Lipinski definition) is 0. The molecule has 0 fully saturated rings. The van der Waals surface area contributed by atoms with E-state index in [1.165, 1.54) is 22.5 Å². The van der Waals surface area contributed by atoms with E-state index in [2.05, 4.69) is 137 Å². The number of anilines is 6. The summed E-state index contributed by atoms with van der Waals surface area (Å²) < 4.78 is 14.2. The Hall–Kier alpha value is -7.48. The highest BCUT2D eigenvalue weighted by molar-refractivity contribution is 7.21. The first-order valence-corrected chi connectivity index (χ1v) is 20.2. The van der Waals surface area contributed by atoms with Crippen LogP contribution in [0.1, 0.15) is 11.1 Å². The zero-order valence-corrected chi connectivity index (χ0v) is 31.9. The lowest BCUT2D eigenvalue weighted by atomic mass is 9.92. The second-order valence-corrected chi connectivity index (χ2v) is 15.6. The van der Waals surface area contributed by atoms with Gasteiger partial charge in [-0.25, -0.2) is 9.97 Å². The van der Waals surface area contributed by atoms with Gasteiger partial charge in [-0.1, -0.05) is 97.1 Å². The van der Waals surface area contributed by atoms with Crippen LogP contribution in [0.3, 0.4) is 0 Å². The van der Waals surface area contributed by atoms with Gasteiger partial charge in [0.15, 0.2) is 17.1 Å². The molecule has 10 aromatic rings. The molecule has 8 aromatic carbocycles. The third kappa shape index (κ3) is 5.25. The zero-order valence-electron chi connectivity index (χ0n) is 31.0. The van der Waals surface area contributed by atoms with Crippen molar-refractivity contribution in [2.24, 2.45) is 0 Å². The topological polar surface area (TPSA) is 54.6 Å². The van der Waals surface area contributed by atoms with E-state index in [1.54, 1.807) is 11.3 Å². The van der Waals surface area contributed by atoms with E-state index in [1.807, 2.05) is 54.6 Å². The smallest absolute Gasteiger partial charge is 0.228 e. The van der Waals surface area contributed by atoms with E-state index in [0.717, 1.165) is 89.2 Å². The molecule has 0 spiro atoms. The predicted octanol–water partition coefficient (Wildman–Crippen LogP) is 14.4. The van der Waals surface area contributed by atoms with Crippen LogP contribution in [0.4, 0.5) is 34.1 Å². The van der Waals surface area contributed by atoms with E-state index in [9.17, 15) is 0 Å². The molecule has 274 valence electrons. The quantitative estimate of drug-likeness (QED) is 0.174. The first-order valence-electron chi connectivity index (χ1n) is 19.4. The number of hydrogen-bond acceptors (Lipinski definition) is 7. The highest BCUT2D eigenvalue weighted by Gasteiger charge is 2.29. The summed E-state index contributed by atoms with van der Waals surface area (Å²) in [6, 6.07) is 63.5. The highest BCUT2D eigenvalue weighted by Crippen LogP contribution is 2.53. The number of oxazole rings is 1. The minimum absolute atomic E-state index is 0.562. The van der Waals surface area contributed by atoms with Gasteiger partial charge in [-0.05, 0) is 107 Å². The van der Waals surface area contributed by atoms with Crippen molar-refractivity contribution >= 4 is 66.8 Å². The van der Waals surface area contributed by atoms with Gasteiger partial charge in [0.1, 0.15) is 10.5 Å². The Labute approximate surface area is 338 Å². The number of thiazole rings is 1. The maximum Gasteiger partial charge on any atom is 0.228 e. The summed E-state index contributed by atoms with van der Waals surface area (Å²) >= 11 is 1.70. The molecule has 0 saturated heterocycles. The van der Waals surface area contributed by atoms with Gasteiger partial charge in [-0.15, -0.1) is 11.3 Å². The maximum absolute atomic E-state index is 6.62. The molecule has 4 heterocycles. The van der Waals surface area contributed by atoms with Crippen molar-refractivity contribution in [1.29, 1.82) is 0 Å². The molecule has 2 aromatic heterocycles. The molecule has 0 saturated carbocycles. The Morgan fingerprint density at radius 1 is 0.448 bits per heavy atom. The van der Waals surface area contributed by atoms with E-state index in [0.29, 0.717) is 5.89 Å². The van der Waals surface area contributed by atoms with Crippen LogP contribution < -0.4 is 14.5 Å². The van der Waals surface area contributed by atoms with Gasteiger partial charge in [-0.2, -0.15) is 0 Å². The average molecular weight is 765 g/mol. The molecule has 0 atom stereocenters. The highest BCUT2D eigenvalue weighted by atomic mass is 32.1. The molecule has 12 rings (SSSR count). The van der Waals surface area contributed by atoms with Gasteiger partial charge in [0.2, 0.25) is 5.89 Å². The summed E-state index contributed by atoms with van der Waals surface area (Å²) in [5.41, 5.74) is 15.4. The summed E-state index contributed by atoms with van der Waals surface area (Å²) in [5, 5.41) is 0.930. The fourth-order valence-electron chi connectivity index (χ4n) is 8.49. The third-order valence-electron chi connectivity index (χ3n) is 11.1. The van der Waals surface area contributed by atoms with E-state index < -0.39 is 0 Å². The third-order valence-corrected chi connectivity index (χ3v) is 12.2. The summed E-state index contributed by atoms with van der Waals surface area (Å²) in [7, 11) is 0. The Morgan fingerprint density at radius 2 is 0.983 bits per heavy atom. The summed E-state index contributed by atoms with van der Waals surface area (Å²) in [6.45, 7) is 0.